The van der Waals surface area contributed by atoms with E-state index in [1.807, 2.05) is 53.4 Å². The predicted octanol–water partition coefficient (Wildman–Crippen LogP) is 1.03. The third kappa shape index (κ3) is 6.99. The highest BCUT2D eigenvalue weighted by Gasteiger charge is 2.19. The van der Waals surface area contributed by atoms with Gasteiger partial charge in [0, 0.05) is 23.4 Å². The maximum absolute atomic E-state index is 9.50. The third-order valence-electron chi connectivity index (χ3n) is 2.69. The summed E-state index contributed by atoms with van der Waals surface area (Å²) in [4.78, 5) is 0. The first-order chi connectivity index (χ1) is 9.81. The maximum Gasteiger partial charge on any atom is 0.206 e. The molecule has 0 aliphatic heterocycles. The van der Waals surface area contributed by atoms with Crippen molar-refractivity contribution in [3.63, 3.8) is 0 Å². The van der Waals surface area contributed by atoms with Crippen molar-refractivity contribution in [1.82, 2.24) is 0 Å². The number of hydrogen-bond acceptors (Lipinski definition) is 4. The molecule has 1 aromatic heterocycles. The Kier molecular flexibility index (Phi) is 6.48. The lowest BCUT2D eigenvalue weighted by Crippen LogP contribution is -2.41. The number of benzene rings is 1. The Hall–Kier alpha value is -1.76. The van der Waals surface area contributed by atoms with E-state index in [-0.39, 0.29) is 12.6 Å². The van der Waals surface area contributed by atoms with Crippen LogP contribution in [0.15, 0.2) is 54.9 Å². The topological polar surface area (TPSA) is 81.3 Å². The van der Waals surface area contributed by atoms with Gasteiger partial charge < -0.3 is 9.66 Å². The van der Waals surface area contributed by atoms with Crippen LogP contribution in [0, 0.1) is 6.92 Å². The fourth-order valence-corrected chi connectivity index (χ4v) is 1.86. The molecule has 1 heterocycles. The van der Waals surface area contributed by atoms with Gasteiger partial charge in [0.1, 0.15) is 6.61 Å². The lowest BCUT2D eigenvalue weighted by molar-refractivity contribution is -0.715. The van der Waals surface area contributed by atoms with Gasteiger partial charge in [-0.25, -0.2) is 8.42 Å². The van der Waals surface area contributed by atoms with Gasteiger partial charge in [0.25, 0.3) is 0 Å². The first kappa shape index (κ1) is 17.3. The van der Waals surface area contributed by atoms with Crippen LogP contribution in [0.2, 0.25) is 0 Å². The third-order valence-corrected chi connectivity index (χ3v) is 2.69. The molecule has 0 saturated carbocycles. The molecular formula is C15H19NO4S. The number of nitrogens with zero attached hydrogens (tertiary/aromatic N) is 1. The van der Waals surface area contributed by atoms with E-state index in [0.717, 1.165) is 5.56 Å². The summed E-state index contributed by atoms with van der Waals surface area (Å²) < 4.78 is 29.3. The first-order valence-electron chi connectivity index (χ1n) is 6.35. The smallest absolute Gasteiger partial charge is 0.206 e. The molecule has 2 rings (SSSR count). The monoisotopic (exact) mass is 309 g/mol. The molecule has 0 aliphatic rings. The van der Waals surface area contributed by atoms with Gasteiger partial charge in [0.15, 0.2) is 12.4 Å². The van der Waals surface area contributed by atoms with Crippen LogP contribution in [0.4, 0.5) is 0 Å². The van der Waals surface area contributed by atoms with Gasteiger partial charge in [-0.15, -0.1) is 0 Å². The molecule has 0 radical (unpaired) electrons. The normalized spacial score (nSPS) is 12.2. The van der Waals surface area contributed by atoms with Crippen molar-refractivity contribution in [2.45, 2.75) is 13.0 Å². The van der Waals surface area contributed by atoms with Crippen molar-refractivity contribution >= 4 is 10.1 Å². The Morgan fingerprint density at radius 3 is 2.24 bits per heavy atom. The largest absolute Gasteiger partial charge is 0.748 e. The van der Waals surface area contributed by atoms with Crippen LogP contribution in [0.25, 0.3) is 0 Å². The fraction of sp³-hybridized carbons (Fsp3) is 0.267. The zero-order valence-corrected chi connectivity index (χ0v) is 12.8. The van der Waals surface area contributed by atoms with E-state index in [4.69, 9.17) is 13.0 Å². The highest BCUT2D eigenvalue weighted by Crippen LogP contribution is 2.11. The van der Waals surface area contributed by atoms with E-state index in [0.29, 0.717) is 6.26 Å². The molecule has 0 amide bonds. The van der Waals surface area contributed by atoms with Crippen molar-refractivity contribution in [3.8, 4) is 0 Å². The molecular weight excluding hydrogens is 290 g/mol. The molecule has 21 heavy (non-hydrogen) atoms. The SMILES string of the molecule is CS(=O)(=O)[O-].Cc1ccc[n+]([C@@H](CO)c2ccccc2)c1. The number of hydrogen-bond donors (Lipinski definition) is 1. The van der Waals surface area contributed by atoms with Crippen LogP contribution < -0.4 is 4.57 Å². The van der Waals surface area contributed by atoms with Gasteiger partial charge in [-0.1, -0.05) is 30.3 Å². The van der Waals surface area contributed by atoms with Gasteiger partial charge >= 0.3 is 0 Å². The molecule has 6 heteroatoms. The van der Waals surface area contributed by atoms with Crippen LogP contribution >= 0.6 is 0 Å². The van der Waals surface area contributed by atoms with E-state index in [9.17, 15) is 5.11 Å². The molecule has 1 aromatic carbocycles. The van der Waals surface area contributed by atoms with Gasteiger partial charge in [-0.05, 0) is 13.0 Å². The van der Waals surface area contributed by atoms with Crippen molar-refractivity contribution in [2.24, 2.45) is 0 Å². The lowest BCUT2D eigenvalue weighted by Gasteiger charge is -2.10. The Morgan fingerprint density at radius 1 is 1.19 bits per heavy atom. The molecule has 5 nitrogen and oxygen atoms in total. The molecule has 0 unspecified atom stereocenters. The Labute approximate surface area is 125 Å². The summed E-state index contributed by atoms with van der Waals surface area (Å²) in [7, 11) is -3.92. The second-order valence-electron chi connectivity index (χ2n) is 4.64. The molecule has 114 valence electrons. The average molecular weight is 309 g/mol. The highest BCUT2D eigenvalue weighted by atomic mass is 32.2. The highest BCUT2D eigenvalue weighted by molar-refractivity contribution is 7.84. The van der Waals surface area contributed by atoms with Gasteiger partial charge in [-0.2, -0.15) is 4.57 Å². The average Bonchev–Trinajstić information content (AvgIpc) is 2.39. The number of aryl methyl sites for hydroxylation is 1. The number of aliphatic hydroxyl groups excluding tert-OH is 1. The quantitative estimate of drug-likeness (QED) is 0.678. The van der Waals surface area contributed by atoms with Gasteiger partial charge in [-0.3, -0.25) is 0 Å². The Bertz CT molecular complexity index is 648. The summed E-state index contributed by atoms with van der Waals surface area (Å²) in [6.07, 6.45) is 4.64. The fourth-order valence-electron chi connectivity index (χ4n) is 1.86. The molecule has 0 fully saturated rings. The van der Waals surface area contributed by atoms with Gasteiger partial charge in [0.2, 0.25) is 6.04 Å². The number of aliphatic hydroxyl groups is 1. The van der Waals surface area contributed by atoms with E-state index < -0.39 is 10.1 Å². The molecule has 2 aromatic rings. The standard InChI is InChI=1S/C14H16NO.CH4O3S/c1-12-6-5-9-15(10-12)14(11-16)13-7-3-2-4-8-13;1-5(2,3)4/h2-10,14,16H,11H2,1H3;1H3,(H,2,3,4)/q+1;/p-1/t14-;/m0./s1. The lowest BCUT2D eigenvalue weighted by atomic mass is 10.1. The molecule has 0 saturated heterocycles. The summed E-state index contributed by atoms with van der Waals surface area (Å²) in [6, 6.07) is 14.1. The summed E-state index contributed by atoms with van der Waals surface area (Å²) in [5.41, 5.74) is 2.32. The minimum Gasteiger partial charge on any atom is -0.748 e. The van der Waals surface area contributed by atoms with E-state index in [2.05, 4.69) is 13.0 Å². The molecule has 1 N–H and O–H groups in total. The minimum atomic E-state index is -3.92. The number of pyridine rings is 1. The first-order valence-corrected chi connectivity index (χ1v) is 8.17. The summed E-state index contributed by atoms with van der Waals surface area (Å²) in [5, 5.41) is 9.50. The molecule has 0 aliphatic carbocycles. The van der Waals surface area contributed by atoms with E-state index >= 15 is 0 Å². The Balaban J connectivity index is 0.000000383. The second-order valence-corrected chi connectivity index (χ2v) is 6.05. The van der Waals surface area contributed by atoms with Crippen LogP contribution in [0.5, 0.6) is 0 Å². The number of aromatic nitrogens is 1. The molecule has 0 spiro atoms. The van der Waals surface area contributed by atoms with Crippen LogP contribution in [0.1, 0.15) is 17.2 Å². The zero-order valence-electron chi connectivity index (χ0n) is 12.0. The molecule has 1 atom stereocenters. The molecule has 0 bridgehead atoms. The second kappa shape index (κ2) is 7.87. The maximum atomic E-state index is 9.50. The Morgan fingerprint density at radius 2 is 1.76 bits per heavy atom. The van der Waals surface area contributed by atoms with Crippen LogP contribution in [-0.2, 0) is 10.1 Å². The summed E-state index contributed by atoms with van der Waals surface area (Å²) in [6.45, 7) is 2.16. The van der Waals surface area contributed by atoms with E-state index in [1.54, 1.807) is 0 Å². The van der Waals surface area contributed by atoms with Crippen molar-refractivity contribution in [2.75, 3.05) is 12.9 Å². The van der Waals surface area contributed by atoms with E-state index in [1.165, 1.54) is 5.56 Å². The number of rotatable bonds is 3. The van der Waals surface area contributed by atoms with Crippen molar-refractivity contribution in [3.05, 3.63) is 66.0 Å². The zero-order chi connectivity index (χ0) is 15.9. The van der Waals surface area contributed by atoms with Crippen molar-refractivity contribution < 1.29 is 22.6 Å². The summed E-state index contributed by atoms with van der Waals surface area (Å²) in [5.74, 6) is 0. The minimum absolute atomic E-state index is 0.00102. The van der Waals surface area contributed by atoms with Crippen molar-refractivity contribution in [1.29, 1.82) is 0 Å². The van der Waals surface area contributed by atoms with Gasteiger partial charge in [0.05, 0.1) is 10.1 Å². The van der Waals surface area contributed by atoms with Crippen LogP contribution in [0.3, 0.4) is 0 Å². The predicted molar refractivity (Wildman–Crippen MR) is 78.7 cm³/mol. The summed E-state index contributed by atoms with van der Waals surface area (Å²) >= 11 is 0. The van der Waals surface area contributed by atoms with Crippen LogP contribution in [-0.4, -0.2) is 30.9 Å².